The zero-order chi connectivity index (χ0) is 15.1. The number of hydrogen-bond donors (Lipinski definition) is 2. The zero-order valence-corrected chi connectivity index (χ0v) is 11.8. The van der Waals surface area contributed by atoms with E-state index in [1.54, 1.807) is 21.1 Å². The van der Waals surface area contributed by atoms with Crippen LogP contribution < -0.4 is 10.9 Å². The third-order valence-electron chi connectivity index (χ3n) is 2.72. The number of H-pyrrole nitrogens is 1. The summed E-state index contributed by atoms with van der Waals surface area (Å²) in [6, 6.07) is 1.36. The van der Waals surface area contributed by atoms with Gasteiger partial charge in [-0.2, -0.15) is 0 Å². The van der Waals surface area contributed by atoms with Crippen molar-refractivity contribution in [2.24, 2.45) is 0 Å². The van der Waals surface area contributed by atoms with Crippen molar-refractivity contribution in [2.45, 2.75) is 19.4 Å². The molecular formula is C12H19N3O5. The molecule has 0 spiro atoms. The van der Waals surface area contributed by atoms with Gasteiger partial charge in [0.05, 0.1) is 17.6 Å². The van der Waals surface area contributed by atoms with Gasteiger partial charge >= 0.3 is 11.2 Å². The van der Waals surface area contributed by atoms with Gasteiger partial charge in [0, 0.05) is 26.5 Å². The summed E-state index contributed by atoms with van der Waals surface area (Å²) in [6.45, 7) is 2.50. The van der Waals surface area contributed by atoms with Crippen molar-refractivity contribution >= 4 is 11.4 Å². The Hall–Kier alpha value is -1.93. The number of aryl methyl sites for hydroxylation is 1. The molecule has 0 radical (unpaired) electrons. The second-order valence-electron chi connectivity index (χ2n) is 4.38. The molecule has 0 aromatic carbocycles. The van der Waals surface area contributed by atoms with Crippen molar-refractivity contribution in [3.05, 3.63) is 32.2 Å². The molecule has 0 aliphatic heterocycles. The monoisotopic (exact) mass is 285 g/mol. The highest BCUT2D eigenvalue weighted by molar-refractivity contribution is 5.61. The van der Waals surface area contributed by atoms with Gasteiger partial charge in [-0.1, -0.05) is 0 Å². The summed E-state index contributed by atoms with van der Waals surface area (Å²) in [7, 11) is 3.11. The number of anilines is 1. The number of nitro groups is 1. The Labute approximate surface area is 116 Å². The van der Waals surface area contributed by atoms with Crippen LogP contribution in [0.1, 0.15) is 12.1 Å². The maximum Gasteiger partial charge on any atom is 0.356 e. The maximum atomic E-state index is 11.7. The lowest BCUT2D eigenvalue weighted by atomic mass is 10.2. The lowest BCUT2D eigenvalue weighted by Crippen LogP contribution is -2.28. The van der Waals surface area contributed by atoms with Crippen molar-refractivity contribution < 1.29 is 14.4 Å². The number of ether oxygens (including phenoxy) is 2. The zero-order valence-electron chi connectivity index (χ0n) is 11.8. The number of nitrogens with zero attached hydrogens (tertiary/aromatic N) is 1. The largest absolute Gasteiger partial charge is 0.385 e. The molecule has 0 bridgehead atoms. The van der Waals surface area contributed by atoms with Crippen molar-refractivity contribution in [3.8, 4) is 0 Å². The maximum absolute atomic E-state index is 11.7. The third kappa shape index (κ3) is 4.32. The minimum absolute atomic E-state index is 0.181. The highest BCUT2D eigenvalue weighted by Crippen LogP contribution is 2.21. The molecule has 0 fully saturated rings. The van der Waals surface area contributed by atoms with E-state index in [1.165, 1.54) is 6.07 Å². The van der Waals surface area contributed by atoms with Gasteiger partial charge in [0.25, 0.3) is 0 Å². The predicted octanol–water partition coefficient (Wildman–Crippen LogP) is 1.05. The number of aromatic nitrogens is 1. The first kappa shape index (κ1) is 16.1. The SMILES string of the molecule is COCC[C@@H](COC)Nc1cc(C)[nH]c(=O)c1[N+](=O)[O-]. The van der Waals surface area contributed by atoms with Gasteiger partial charge in [-0.05, 0) is 19.4 Å². The van der Waals surface area contributed by atoms with E-state index in [0.29, 0.717) is 25.3 Å². The molecule has 1 aromatic heterocycles. The molecule has 0 aliphatic rings. The Morgan fingerprint density at radius 3 is 2.70 bits per heavy atom. The predicted molar refractivity (Wildman–Crippen MR) is 74.2 cm³/mol. The second-order valence-corrected chi connectivity index (χ2v) is 4.38. The van der Waals surface area contributed by atoms with E-state index >= 15 is 0 Å². The fourth-order valence-electron chi connectivity index (χ4n) is 1.85. The summed E-state index contributed by atoms with van der Waals surface area (Å²) < 4.78 is 10.0. The van der Waals surface area contributed by atoms with E-state index in [-0.39, 0.29) is 11.7 Å². The summed E-state index contributed by atoms with van der Waals surface area (Å²) in [4.78, 5) is 24.4. The minimum atomic E-state index is -0.722. The molecule has 0 amide bonds. The number of methoxy groups -OCH3 is 2. The van der Waals surface area contributed by atoms with Crippen LogP contribution in [0.25, 0.3) is 0 Å². The van der Waals surface area contributed by atoms with Gasteiger partial charge in [0.1, 0.15) is 5.69 Å². The molecule has 0 saturated heterocycles. The normalized spacial score (nSPS) is 12.2. The van der Waals surface area contributed by atoms with Crippen LogP contribution in [0.3, 0.4) is 0 Å². The highest BCUT2D eigenvalue weighted by atomic mass is 16.6. The van der Waals surface area contributed by atoms with E-state index in [9.17, 15) is 14.9 Å². The number of nitrogens with one attached hydrogen (secondary N) is 2. The first-order valence-electron chi connectivity index (χ1n) is 6.12. The van der Waals surface area contributed by atoms with Gasteiger partial charge < -0.3 is 19.8 Å². The number of pyridine rings is 1. The number of rotatable bonds is 8. The van der Waals surface area contributed by atoms with Gasteiger partial charge in [-0.15, -0.1) is 0 Å². The van der Waals surface area contributed by atoms with Crippen molar-refractivity contribution in [2.75, 3.05) is 32.8 Å². The molecule has 1 heterocycles. The first-order chi connectivity index (χ1) is 9.49. The van der Waals surface area contributed by atoms with E-state index in [0.717, 1.165) is 0 Å². The lowest BCUT2D eigenvalue weighted by molar-refractivity contribution is -0.385. The van der Waals surface area contributed by atoms with Gasteiger partial charge in [-0.25, -0.2) is 0 Å². The molecule has 1 rings (SSSR count). The van der Waals surface area contributed by atoms with E-state index in [1.807, 2.05) is 0 Å². The minimum Gasteiger partial charge on any atom is -0.385 e. The van der Waals surface area contributed by atoms with Crippen LogP contribution in [0.15, 0.2) is 10.9 Å². The molecule has 0 saturated carbocycles. The second kappa shape index (κ2) is 7.61. The highest BCUT2D eigenvalue weighted by Gasteiger charge is 2.22. The Morgan fingerprint density at radius 2 is 2.15 bits per heavy atom. The van der Waals surface area contributed by atoms with E-state index in [2.05, 4.69) is 10.3 Å². The summed E-state index contributed by atoms with van der Waals surface area (Å²) >= 11 is 0. The van der Waals surface area contributed by atoms with Crippen LogP contribution in [-0.4, -0.2) is 43.4 Å². The topological polar surface area (TPSA) is 106 Å². The quantitative estimate of drug-likeness (QED) is 0.546. The van der Waals surface area contributed by atoms with Crippen LogP contribution in [0, 0.1) is 17.0 Å². The average Bonchev–Trinajstić information content (AvgIpc) is 2.34. The molecule has 1 aromatic rings. The fourth-order valence-corrected chi connectivity index (χ4v) is 1.85. The molecule has 2 N–H and O–H groups in total. The Balaban J connectivity index is 3.04. The van der Waals surface area contributed by atoms with Crippen LogP contribution in [-0.2, 0) is 9.47 Å². The van der Waals surface area contributed by atoms with Crippen molar-refractivity contribution in [3.63, 3.8) is 0 Å². The van der Waals surface area contributed by atoms with Crippen LogP contribution >= 0.6 is 0 Å². The standard InChI is InChI=1S/C12H19N3O5/c1-8-6-10(11(15(17)18)12(16)13-8)14-9(7-20-3)4-5-19-2/h6,9H,4-5,7H2,1-3H3,(H2,13,14,16)/t9-/m0/s1. The molecule has 0 unspecified atom stereocenters. The summed E-state index contributed by atoms with van der Waals surface area (Å²) in [6.07, 6.45) is 0.605. The Kier molecular flexibility index (Phi) is 6.13. The Morgan fingerprint density at radius 1 is 1.45 bits per heavy atom. The molecule has 1 atom stereocenters. The molecule has 0 aliphatic carbocycles. The van der Waals surface area contributed by atoms with Crippen molar-refractivity contribution in [1.29, 1.82) is 0 Å². The van der Waals surface area contributed by atoms with E-state index in [4.69, 9.17) is 9.47 Å². The van der Waals surface area contributed by atoms with Crippen molar-refractivity contribution in [1.82, 2.24) is 4.98 Å². The molecule has 112 valence electrons. The average molecular weight is 285 g/mol. The third-order valence-corrected chi connectivity index (χ3v) is 2.72. The van der Waals surface area contributed by atoms with E-state index < -0.39 is 16.2 Å². The molecular weight excluding hydrogens is 266 g/mol. The summed E-state index contributed by atoms with van der Waals surface area (Å²) in [5, 5.41) is 14.0. The Bertz CT molecular complexity index is 514. The fraction of sp³-hybridized carbons (Fsp3) is 0.583. The smallest absolute Gasteiger partial charge is 0.356 e. The van der Waals surface area contributed by atoms with Gasteiger partial charge in [-0.3, -0.25) is 14.9 Å². The van der Waals surface area contributed by atoms with Gasteiger partial charge in [0.2, 0.25) is 0 Å². The number of hydrogen-bond acceptors (Lipinski definition) is 6. The number of aromatic amines is 1. The van der Waals surface area contributed by atoms with Crippen LogP contribution in [0.2, 0.25) is 0 Å². The summed E-state index contributed by atoms with van der Waals surface area (Å²) in [5.74, 6) is 0. The summed E-state index contributed by atoms with van der Waals surface area (Å²) in [5.41, 5.74) is -0.477. The van der Waals surface area contributed by atoms with Gasteiger partial charge in [0.15, 0.2) is 0 Å². The van der Waals surface area contributed by atoms with Crippen LogP contribution in [0.4, 0.5) is 11.4 Å². The first-order valence-corrected chi connectivity index (χ1v) is 6.12. The molecule has 8 heteroatoms. The van der Waals surface area contributed by atoms with Crippen LogP contribution in [0.5, 0.6) is 0 Å². The molecule has 8 nitrogen and oxygen atoms in total. The lowest BCUT2D eigenvalue weighted by Gasteiger charge is -2.18. The molecule has 20 heavy (non-hydrogen) atoms.